The zero-order valence-corrected chi connectivity index (χ0v) is 17.7. The zero-order chi connectivity index (χ0) is 22.1. The molecule has 0 spiro atoms. The summed E-state index contributed by atoms with van der Waals surface area (Å²) in [7, 11) is 0. The molecule has 1 aromatic heterocycles. The molecule has 3 aromatic rings. The van der Waals surface area contributed by atoms with Crippen molar-refractivity contribution in [3.05, 3.63) is 105 Å². The van der Waals surface area contributed by atoms with Gasteiger partial charge in [0.1, 0.15) is 11.1 Å². The van der Waals surface area contributed by atoms with Gasteiger partial charge in [-0.2, -0.15) is 0 Å². The number of nitrogens with zero attached hydrogens (tertiary/aromatic N) is 1. The number of amides is 2. The molecule has 0 atom stereocenters. The lowest BCUT2D eigenvalue weighted by atomic mass is 10.1. The minimum absolute atomic E-state index is 0.00943. The second-order valence-corrected chi connectivity index (χ2v) is 8.61. The van der Waals surface area contributed by atoms with E-state index in [1.165, 1.54) is 11.1 Å². The molecule has 6 heteroatoms. The molecule has 1 saturated carbocycles. The molecule has 5 rings (SSSR count). The van der Waals surface area contributed by atoms with Gasteiger partial charge in [0.2, 0.25) is 5.43 Å². The van der Waals surface area contributed by atoms with Crippen molar-refractivity contribution in [2.45, 2.75) is 44.3 Å². The van der Waals surface area contributed by atoms with Crippen molar-refractivity contribution in [1.82, 2.24) is 15.2 Å². The number of rotatable bonds is 6. The second-order valence-electron chi connectivity index (χ2n) is 8.61. The lowest BCUT2D eigenvalue weighted by Crippen LogP contribution is -2.40. The largest absolute Gasteiger partial charge is 0.349 e. The van der Waals surface area contributed by atoms with E-state index in [4.69, 9.17) is 0 Å². The Bertz CT molecular complexity index is 1200. The third-order valence-corrected chi connectivity index (χ3v) is 6.19. The summed E-state index contributed by atoms with van der Waals surface area (Å²) >= 11 is 0. The lowest BCUT2D eigenvalue weighted by molar-refractivity contribution is 0.0936. The molecule has 0 saturated heterocycles. The Morgan fingerprint density at radius 2 is 1.44 bits per heavy atom. The predicted octanol–water partition coefficient (Wildman–Crippen LogP) is 3.01. The number of hydrogen-bond donors (Lipinski definition) is 2. The number of hydrogen-bond acceptors (Lipinski definition) is 3. The van der Waals surface area contributed by atoms with Gasteiger partial charge in [-0.25, -0.2) is 0 Å². The number of carbonyl (C=O) groups is 2. The maximum atomic E-state index is 13.1. The summed E-state index contributed by atoms with van der Waals surface area (Å²) in [6.45, 7) is 0.319. The van der Waals surface area contributed by atoms with Gasteiger partial charge in [-0.15, -0.1) is 0 Å². The molecule has 32 heavy (non-hydrogen) atoms. The Morgan fingerprint density at radius 1 is 0.844 bits per heavy atom. The van der Waals surface area contributed by atoms with E-state index in [1.807, 2.05) is 47.0 Å². The molecule has 1 heterocycles. The smallest absolute Gasteiger partial charge is 0.257 e. The van der Waals surface area contributed by atoms with Crippen molar-refractivity contribution in [3.8, 4) is 0 Å². The van der Waals surface area contributed by atoms with E-state index in [0.29, 0.717) is 6.54 Å². The molecule has 2 aromatic carbocycles. The molecule has 0 radical (unpaired) electrons. The minimum Gasteiger partial charge on any atom is -0.349 e. The van der Waals surface area contributed by atoms with Crippen molar-refractivity contribution in [2.75, 3.05) is 0 Å². The Morgan fingerprint density at radius 3 is 2.06 bits per heavy atom. The van der Waals surface area contributed by atoms with Gasteiger partial charge in [-0.3, -0.25) is 14.4 Å². The van der Waals surface area contributed by atoms with Crippen LogP contribution in [0.4, 0.5) is 0 Å². The van der Waals surface area contributed by atoms with Crippen LogP contribution in [0.15, 0.2) is 71.8 Å². The van der Waals surface area contributed by atoms with Crippen molar-refractivity contribution in [2.24, 2.45) is 0 Å². The van der Waals surface area contributed by atoms with Crippen LogP contribution in [0.2, 0.25) is 0 Å². The van der Waals surface area contributed by atoms with E-state index in [0.717, 1.165) is 31.2 Å². The molecule has 0 unspecified atom stereocenters. The third kappa shape index (κ3) is 4.21. The molecule has 2 amide bonds. The Balaban J connectivity index is 1.36. The van der Waals surface area contributed by atoms with Crippen molar-refractivity contribution in [3.63, 3.8) is 0 Å². The fourth-order valence-corrected chi connectivity index (χ4v) is 4.30. The van der Waals surface area contributed by atoms with Gasteiger partial charge in [0, 0.05) is 31.0 Å². The van der Waals surface area contributed by atoms with E-state index >= 15 is 0 Å². The fraction of sp³-hybridized carbons (Fsp3) is 0.269. The van der Waals surface area contributed by atoms with E-state index in [1.54, 1.807) is 12.4 Å². The van der Waals surface area contributed by atoms with Gasteiger partial charge in [-0.05, 0) is 42.4 Å². The first-order chi connectivity index (χ1) is 15.6. The van der Waals surface area contributed by atoms with E-state index < -0.39 is 17.2 Å². The first-order valence-corrected chi connectivity index (χ1v) is 11.0. The molecule has 0 aliphatic heterocycles. The summed E-state index contributed by atoms with van der Waals surface area (Å²) in [5.41, 5.74) is 2.90. The Hall–Kier alpha value is -3.67. The van der Waals surface area contributed by atoms with Crippen LogP contribution in [0.25, 0.3) is 0 Å². The lowest BCUT2D eigenvalue weighted by Gasteiger charge is -2.15. The SMILES string of the molecule is O=C(NCc1ccccc1)c1cn(C2CC2)cc(C(=O)NC2Cc3ccccc3C2)c1=O. The summed E-state index contributed by atoms with van der Waals surface area (Å²) in [6, 6.07) is 17.8. The average Bonchev–Trinajstić information content (AvgIpc) is 3.58. The highest BCUT2D eigenvalue weighted by Gasteiger charge is 2.29. The Labute approximate surface area is 186 Å². The highest BCUT2D eigenvalue weighted by molar-refractivity contribution is 5.99. The maximum Gasteiger partial charge on any atom is 0.257 e. The predicted molar refractivity (Wildman–Crippen MR) is 122 cm³/mol. The van der Waals surface area contributed by atoms with Gasteiger partial charge < -0.3 is 15.2 Å². The summed E-state index contributed by atoms with van der Waals surface area (Å²) < 4.78 is 1.84. The molecule has 162 valence electrons. The summed E-state index contributed by atoms with van der Waals surface area (Å²) in [5, 5.41) is 5.82. The quantitative estimate of drug-likeness (QED) is 0.635. The van der Waals surface area contributed by atoms with Crippen LogP contribution in [-0.4, -0.2) is 22.4 Å². The minimum atomic E-state index is -0.527. The normalized spacial score (nSPS) is 15.2. The molecule has 1 fully saturated rings. The summed E-state index contributed by atoms with van der Waals surface area (Å²) in [4.78, 5) is 39.0. The van der Waals surface area contributed by atoms with E-state index in [2.05, 4.69) is 22.8 Å². The second kappa shape index (κ2) is 8.46. The van der Waals surface area contributed by atoms with Crippen LogP contribution in [0.3, 0.4) is 0 Å². The van der Waals surface area contributed by atoms with Crippen LogP contribution < -0.4 is 16.1 Å². The van der Waals surface area contributed by atoms with Gasteiger partial charge in [0.05, 0.1) is 0 Å². The number of fused-ring (bicyclic) bond motifs is 1. The molecular formula is C26H25N3O3. The molecule has 2 N–H and O–H groups in total. The fourth-order valence-electron chi connectivity index (χ4n) is 4.30. The van der Waals surface area contributed by atoms with Crippen molar-refractivity contribution < 1.29 is 9.59 Å². The van der Waals surface area contributed by atoms with Crippen molar-refractivity contribution in [1.29, 1.82) is 0 Å². The standard InChI is InChI=1S/C26H25N3O3/c30-24-22(25(31)27-14-17-6-2-1-3-7-17)15-29(21-10-11-21)16-23(24)26(32)28-20-12-18-8-4-5-9-19(18)13-20/h1-9,15-16,20-21H,10-14H2,(H,27,31)(H,28,32). The molecule has 2 aliphatic rings. The third-order valence-electron chi connectivity index (χ3n) is 6.19. The molecular weight excluding hydrogens is 402 g/mol. The first kappa shape index (κ1) is 20.2. The van der Waals surface area contributed by atoms with Crippen molar-refractivity contribution >= 4 is 11.8 Å². The van der Waals surface area contributed by atoms with Gasteiger partial charge in [0.25, 0.3) is 11.8 Å². The van der Waals surface area contributed by atoms with Gasteiger partial charge in [-0.1, -0.05) is 54.6 Å². The van der Waals surface area contributed by atoms with Crippen LogP contribution in [0, 0.1) is 0 Å². The van der Waals surface area contributed by atoms with Crippen LogP contribution >= 0.6 is 0 Å². The summed E-state index contributed by atoms with van der Waals surface area (Å²) in [5.74, 6) is -0.879. The molecule has 6 nitrogen and oxygen atoms in total. The highest BCUT2D eigenvalue weighted by Crippen LogP contribution is 2.34. The van der Waals surface area contributed by atoms with Crippen LogP contribution in [0.5, 0.6) is 0 Å². The van der Waals surface area contributed by atoms with Gasteiger partial charge >= 0.3 is 0 Å². The number of benzene rings is 2. The van der Waals surface area contributed by atoms with E-state index in [-0.39, 0.29) is 23.2 Å². The zero-order valence-electron chi connectivity index (χ0n) is 17.7. The van der Waals surface area contributed by atoms with E-state index in [9.17, 15) is 14.4 Å². The number of nitrogens with one attached hydrogen (secondary N) is 2. The topological polar surface area (TPSA) is 80.2 Å². The maximum absolute atomic E-state index is 13.1. The van der Waals surface area contributed by atoms with Crippen LogP contribution in [-0.2, 0) is 19.4 Å². The first-order valence-electron chi connectivity index (χ1n) is 11.0. The van der Waals surface area contributed by atoms with Crippen LogP contribution in [0.1, 0.15) is 56.3 Å². The summed E-state index contributed by atoms with van der Waals surface area (Å²) in [6.07, 6.45) is 6.64. The monoisotopic (exact) mass is 427 g/mol. The highest BCUT2D eigenvalue weighted by atomic mass is 16.2. The number of carbonyl (C=O) groups excluding carboxylic acids is 2. The van der Waals surface area contributed by atoms with Gasteiger partial charge in [0.15, 0.2) is 0 Å². The average molecular weight is 428 g/mol. The number of pyridine rings is 1. The Kier molecular flexibility index (Phi) is 5.35. The molecule has 2 aliphatic carbocycles. The number of aromatic nitrogens is 1. The molecule has 0 bridgehead atoms.